The van der Waals surface area contributed by atoms with Crippen molar-refractivity contribution in [1.82, 2.24) is 25.2 Å². The predicted molar refractivity (Wildman–Crippen MR) is 116 cm³/mol. The number of aromatic nitrogens is 3. The van der Waals surface area contributed by atoms with Crippen molar-refractivity contribution < 1.29 is 27.5 Å². The number of nitrogens with zero attached hydrogens (tertiary/aromatic N) is 3. The molecule has 33 heavy (non-hydrogen) atoms. The van der Waals surface area contributed by atoms with E-state index in [0.717, 1.165) is 0 Å². The van der Waals surface area contributed by atoms with E-state index in [1.54, 1.807) is 12.0 Å². The van der Waals surface area contributed by atoms with E-state index < -0.39 is 24.4 Å². The van der Waals surface area contributed by atoms with Gasteiger partial charge in [0.25, 0.3) is 5.91 Å². The third-order valence-corrected chi connectivity index (χ3v) is 5.50. The Kier molecular flexibility index (Phi) is 7.57. The lowest BCUT2D eigenvalue weighted by Gasteiger charge is -2.37. The summed E-state index contributed by atoms with van der Waals surface area (Å²) >= 11 is 0. The summed E-state index contributed by atoms with van der Waals surface area (Å²) in [6, 6.07) is -0.143. The SMILES string of the molecule is C=CC(=O)N1CC[C@H](Nc2cnc3[nH]cc(C(=O)NCC(C)CC(F)(F)F)c3n2)[C@H](OC)C1. The van der Waals surface area contributed by atoms with Crippen molar-refractivity contribution in [2.24, 2.45) is 5.92 Å². The van der Waals surface area contributed by atoms with Crippen LogP contribution in [0.3, 0.4) is 0 Å². The van der Waals surface area contributed by atoms with Crippen molar-refractivity contribution >= 4 is 28.8 Å². The van der Waals surface area contributed by atoms with Gasteiger partial charge in [-0.2, -0.15) is 13.2 Å². The van der Waals surface area contributed by atoms with Crippen LogP contribution in [0.2, 0.25) is 0 Å². The van der Waals surface area contributed by atoms with Crippen LogP contribution in [-0.2, 0) is 9.53 Å². The second-order valence-electron chi connectivity index (χ2n) is 8.09. The third kappa shape index (κ3) is 6.21. The maximum absolute atomic E-state index is 12.6. The van der Waals surface area contributed by atoms with E-state index in [1.807, 2.05) is 0 Å². The Balaban J connectivity index is 1.68. The van der Waals surface area contributed by atoms with Gasteiger partial charge in [-0.3, -0.25) is 9.59 Å². The third-order valence-electron chi connectivity index (χ3n) is 5.50. The molecule has 3 N–H and O–H groups in total. The van der Waals surface area contributed by atoms with Gasteiger partial charge in [0.1, 0.15) is 11.3 Å². The van der Waals surface area contributed by atoms with Gasteiger partial charge in [-0.05, 0) is 18.4 Å². The molecule has 3 heterocycles. The average Bonchev–Trinajstić information content (AvgIpc) is 3.19. The zero-order valence-electron chi connectivity index (χ0n) is 18.4. The Morgan fingerprint density at radius 3 is 2.88 bits per heavy atom. The Hall–Kier alpha value is -3.15. The molecule has 1 unspecified atom stereocenters. The number of methoxy groups -OCH3 is 1. The standard InChI is InChI=1S/C21H27F3N6O3/c1-4-17(31)30-6-5-14(15(11-30)33-3)28-16-10-26-19-18(29-16)13(9-25-19)20(32)27-8-12(2)7-21(22,23)24/h4,9-10,12,14-15H,1,5-8,11H2,2-3H3,(H,25,26)(H,27,32)(H,28,29)/t12?,14-,15+/m0/s1. The summed E-state index contributed by atoms with van der Waals surface area (Å²) in [6.07, 6.45) is -0.740. The average molecular weight is 468 g/mol. The number of piperidine rings is 1. The largest absolute Gasteiger partial charge is 0.389 e. The monoisotopic (exact) mass is 468 g/mol. The summed E-state index contributed by atoms with van der Waals surface area (Å²) in [5.74, 6) is -1.04. The fraction of sp³-hybridized carbons (Fsp3) is 0.524. The maximum atomic E-state index is 12.6. The number of amides is 2. The summed E-state index contributed by atoms with van der Waals surface area (Å²) < 4.78 is 43.1. The lowest BCUT2D eigenvalue weighted by atomic mass is 10.0. The van der Waals surface area contributed by atoms with Crippen molar-refractivity contribution in [3.63, 3.8) is 0 Å². The molecule has 1 fully saturated rings. The second kappa shape index (κ2) is 10.2. The van der Waals surface area contributed by atoms with Crippen LogP contribution < -0.4 is 10.6 Å². The molecule has 12 heteroatoms. The van der Waals surface area contributed by atoms with Crippen LogP contribution in [0.5, 0.6) is 0 Å². The number of hydrogen-bond donors (Lipinski definition) is 3. The lowest BCUT2D eigenvalue weighted by molar-refractivity contribution is -0.142. The van der Waals surface area contributed by atoms with Crippen LogP contribution in [0.4, 0.5) is 19.0 Å². The van der Waals surface area contributed by atoms with Gasteiger partial charge in [0.15, 0.2) is 5.65 Å². The van der Waals surface area contributed by atoms with E-state index in [2.05, 4.69) is 32.2 Å². The number of H-pyrrole nitrogens is 1. The molecule has 1 saturated heterocycles. The minimum atomic E-state index is -4.29. The summed E-state index contributed by atoms with van der Waals surface area (Å²) in [7, 11) is 1.56. The molecule has 2 aromatic rings. The zero-order valence-corrected chi connectivity index (χ0v) is 18.4. The summed E-state index contributed by atoms with van der Waals surface area (Å²) in [6.45, 7) is 5.72. The molecule has 0 aromatic carbocycles. The van der Waals surface area contributed by atoms with Crippen LogP contribution in [0.25, 0.3) is 11.2 Å². The van der Waals surface area contributed by atoms with Crippen molar-refractivity contribution in [3.8, 4) is 0 Å². The quantitative estimate of drug-likeness (QED) is 0.514. The minimum Gasteiger partial charge on any atom is -0.377 e. The Bertz CT molecular complexity index is 1010. The molecule has 2 aromatic heterocycles. The number of hydrogen-bond acceptors (Lipinski definition) is 6. The van der Waals surface area contributed by atoms with Gasteiger partial charge >= 0.3 is 6.18 Å². The first-order chi connectivity index (χ1) is 15.6. The molecule has 9 nitrogen and oxygen atoms in total. The Morgan fingerprint density at radius 2 is 2.21 bits per heavy atom. The van der Waals surface area contributed by atoms with Gasteiger partial charge in [-0.15, -0.1) is 0 Å². The number of halogens is 3. The minimum absolute atomic E-state index is 0.117. The molecule has 0 spiro atoms. The summed E-state index contributed by atoms with van der Waals surface area (Å²) in [5, 5.41) is 5.78. The molecule has 3 rings (SSSR count). The molecule has 0 radical (unpaired) electrons. The topological polar surface area (TPSA) is 112 Å². The van der Waals surface area contributed by atoms with E-state index in [1.165, 1.54) is 25.4 Å². The molecule has 3 atom stereocenters. The number of carbonyl (C=O) groups is 2. The van der Waals surface area contributed by atoms with Crippen LogP contribution in [0, 0.1) is 5.92 Å². The molecular formula is C21H27F3N6O3. The van der Waals surface area contributed by atoms with Crippen LogP contribution in [0.1, 0.15) is 30.1 Å². The summed E-state index contributed by atoms with van der Waals surface area (Å²) in [4.78, 5) is 37.7. The number of carbonyl (C=O) groups excluding carboxylic acids is 2. The fourth-order valence-electron chi connectivity index (χ4n) is 3.80. The number of anilines is 1. The van der Waals surface area contributed by atoms with Gasteiger partial charge < -0.3 is 25.3 Å². The molecule has 1 aliphatic rings. The normalized spacial score (nSPS) is 19.8. The summed E-state index contributed by atoms with van der Waals surface area (Å²) in [5.41, 5.74) is 0.869. The van der Waals surface area contributed by atoms with Crippen molar-refractivity contribution in [2.45, 2.75) is 38.1 Å². The first-order valence-corrected chi connectivity index (χ1v) is 10.5. The smallest absolute Gasteiger partial charge is 0.377 e. The lowest BCUT2D eigenvalue weighted by Crippen LogP contribution is -2.52. The van der Waals surface area contributed by atoms with E-state index in [9.17, 15) is 22.8 Å². The molecule has 2 amide bonds. The molecule has 0 aliphatic carbocycles. The maximum Gasteiger partial charge on any atom is 0.389 e. The molecular weight excluding hydrogens is 441 g/mol. The number of rotatable bonds is 8. The number of nitrogens with one attached hydrogen (secondary N) is 3. The first kappa shape index (κ1) is 24.5. The van der Waals surface area contributed by atoms with Crippen molar-refractivity contribution in [3.05, 3.63) is 30.6 Å². The van der Waals surface area contributed by atoms with E-state index >= 15 is 0 Å². The van der Waals surface area contributed by atoms with Crippen molar-refractivity contribution in [2.75, 3.05) is 32.1 Å². The number of ether oxygens (including phenoxy) is 1. The van der Waals surface area contributed by atoms with Crippen LogP contribution in [0.15, 0.2) is 25.0 Å². The van der Waals surface area contributed by atoms with E-state index in [-0.39, 0.29) is 30.2 Å². The number of alkyl halides is 3. The van der Waals surface area contributed by atoms with Gasteiger partial charge in [0.2, 0.25) is 5.91 Å². The van der Waals surface area contributed by atoms with Crippen LogP contribution >= 0.6 is 0 Å². The van der Waals surface area contributed by atoms with Gasteiger partial charge in [0.05, 0.1) is 23.9 Å². The number of aromatic amines is 1. The highest BCUT2D eigenvalue weighted by Gasteiger charge is 2.32. The zero-order chi connectivity index (χ0) is 24.2. The molecule has 1 aliphatic heterocycles. The number of fused-ring (bicyclic) bond motifs is 1. The van der Waals surface area contributed by atoms with Gasteiger partial charge in [-0.1, -0.05) is 13.5 Å². The second-order valence-corrected chi connectivity index (χ2v) is 8.09. The van der Waals surface area contributed by atoms with Gasteiger partial charge in [0, 0.05) is 39.4 Å². The Morgan fingerprint density at radius 1 is 1.45 bits per heavy atom. The van der Waals surface area contributed by atoms with E-state index in [4.69, 9.17) is 4.74 Å². The molecule has 180 valence electrons. The fourth-order valence-corrected chi connectivity index (χ4v) is 3.80. The first-order valence-electron chi connectivity index (χ1n) is 10.5. The predicted octanol–water partition coefficient (Wildman–Crippen LogP) is 2.49. The van der Waals surface area contributed by atoms with Crippen LogP contribution in [-0.4, -0.2) is 76.7 Å². The van der Waals surface area contributed by atoms with Crippen molar-refractivity contribution in [1.29, 1.82) is 0 Å². The number of likely N-dealkylation sites (tertiary alicyclic amines) is 1. The highest BCUT2D eigenvalue weighted by molar-refractivity contribution is 6.04. The Labute approximate surface area is 188 Å². The van der Waals surface area contributed by atoms with Gasteiger partial charge in [-0.25, -0.2) is 9.97 Å². The molecule has 0 saturated carbocycles. The highest BCUT2D eigenvalue weighted by Crippen LogP contribution is 2.24. The molecule has 0 bridgehead atoms. The van der Waals surface area contributed by atoms with E-state index in [0.29, 0.717) is 36.5 Å². The highest BCUT2D eigenvalue weighted by atomic mass is 19.4.